The molecule has 176 valence electrons. The van der Waals surface area contributed by atoms with Gasteiger partial charge in [-0.1, -0.05) is 41.8 Å². The molecule has 0 spiro atoms. The molecule has 0 aliphatic carbocycles. The van der Waals surface area contributed by atoms with Gasteiger partial charge in [-0.25, -0.2) is 0 Å². The van der Waals surface area contributed by atoms with Crippen molar-refractivity contribution < 1.29 is 15.3 Å². The van der Waals surface area contributed by atoms with E-state index >= 15 is 0 Å². The molecule has 0 saturated carbocycles. The summed E-state index contributed by atoms with van der Waals surface area (Å²) in [6.07, 6.45) is 2.77. The van der Waals surface area contributed by atoms with Crippen LogP contribution in [-0.4, -0.2) is 37.4 Å². The van der Waals surface area contributed by atoms with Gasteiger partial charge in [0.1, 0.15) is 0 Å². The number of hydrogen-bond donors (Lipinski definition) is 1. The Hall–Kier alpha value is -3.68. The molecule has 0 amide bonds. The van der Waals surface area contributed by atoms with Crippen LogP contribution in [0.5, 0.6) is 11.5 Å². The van der Waals surface area contributed by atoms with Gasteiger partial charge in [0.15, 0.2) is 0 Å². The Morgan fingerprint density at radius 3 is 1.97 bits per heavy atom. The zero-order valence-corrected chi connectivity index (χ0v) is 22.6. The molecule has 0 atom stereocenters. The van der Waals surface area contributed by atoms with Crippen molar-refractivity contribution >= 4 is 51.0 Å². The summed E-state index contributed by atoms with van der Waals surface area (Å²) >= 11 is -0.517. The fourth-order valence-corrected chi connectivity index (χ4v) is 6.56. The minimum atomic E-state index is -0.517. The number of rotatable bonds is 5. The zero-order chi connectivity index (χ0) is 25.3. The van der Waals surface area contributed by atoms with Crippen molar-refractivity contribution in [2.24, 2.45) is 4.99 Å². The maximum atomic E-state index is 12.1. The number of aryl methyl sites for hydroxylation is 1. The molecule has 36 heavy (non-hydrogen) atoms. The first kappa shape index (κ1) is 25.4. The molecule has 0 aliphatic rings. The Bertz CT molecular complexity index is 1440. The van der Waals surface area contributed by atoms with Crippen molar-refractivity contribution in [3.05, 3.63) is 120 Å². The Kier molecular flexibility index (Phi) is 8.70. The molecule has 0 unspecified atom stereocenters. The van der Waals surface area contributed by atoms with Gasteiger partial charge in [0, 0.05) is 23.7 Å². The summed E-state index contributed by atoms with van der Waals surface area (Å²) in [5, 5.41) is 35.3. The van der Waals surface area contributed by atoms with Gasteiger partial charge >= 0.3 is 89.0 Å². The summed E-state index contributed by atoms with van der Waals surface area (Å²) in [6.45, 7) is 1.28. The topological polar surface area (TPSA) is 91.6 Å². The van der Waals surface area contributed by atoms with Gasteiger partial charge in [0.25, 0.3) is 0 Å². The average Bonchev–Trinajstić information content (AvgIpc) is 2.91. The number of pyridine rings is 1. The third-order valence-electron chi connectivity index (χ3n) is 5.50. The van der Waals surface area contributed by atoms with Crippen LogP contribution in [0.3, 0.4) is 0 Å². The van der Waals surface area contributed by atoms with Gasteiger partial charge in [0.2, 0.25) is 0 Å². The standard InChI is InChI=1S/C18H16N2O3.2C6H5.Sn/c1-11-18(23)15(14(10-21)8-19-11)9-20-16-6-12-4-2-3-5-13(12)7-17(16)22;2*1-2-4-6-5-3-1;/h2-9,21-23H,10H2,1H3;2*1-5H;/q;;;+2/p-2. The van der Waals surface area contributed by atoms with Crippen molar-refractivity contribution in [2.75, 3.05) is 0 Å². The van der Waals surface area contributed by atoms with Crippen LogP contribution in [0, 0.1) is 6.92 Å². The zero-order valence-electron chi connectivity index (χ0n) is 19.8. The molecule has 0 fully saturated rings. The predicted octanol–water partition coefficient (Wildman–Crippen LogP) is 3.27. The van der Waals surface area contributed by atoms with Crippen LogP contribution in [0.15, 0.2) is 108 Å². The first-order chi connectivity index (χ1) is 17.5. The van der Waals surface area contributed by atoms with E-state index in [1.165, 1.54) is 25.6 Å². The Morgan fingerprint density at radius 2 is 1.39 bits per heavy atom. The maximum absolute atomic E-state index is 12.1. The fraction of sp³-hybridized carbons (Fsp3) is 0.0667. The SMILES string of the molecule is Cc1ncc(CO)c(C=Nc2cc3ccccc3cc2[O-])c1[O-].c1cc[c]([Sn+2][c]2ccccc2)cc1. The van der Waals surface area contributed by atoms with Gasteiger partial charge < -0.3 is 15.3 Å². The second kappa shape index (κ2) is 12.3. The second-order valence-corrected chi connectivity index (χ2v) is 12.1. The van der Waals surface area contributed by atoms with Gasteiger partial charge in [0.05, 0.1) is 12.3 Å². The Morgan fingerprint density at radius 1 is 0.833 bits per heavy atom. The summed E-state index contributed by atoms with van der Waals surface area (Å²) in [4.78, 5) is 8.09. The van der Waals surface area contributed by atoms with Gasteiger partial charge in [-0.3, -0.25) is 9.98 Å². The van der Waals surface area contributed by atoms with Crippen molar-refractivity contribution in [1.29, 1.82) is 0 Å². The van der Waals surface area contributed by atoms with Crippen LogP contribution in [0.25, 0.3) is 10.8 Å². The van der Waals surface area contributed by atoms with Crippen LogP contribution in [-0.2, 0) is 6.61 Å². The number of aliphatic imine (C=N–C) groups is 1. The van der Waals surface area contributed by atoms with Crippen LogP contribution < -0.4 is 17.4 Å². The number of fused-ring (bicyclic) bond motifs is 1. The normalized spacial score (nSPS) is 10.6. The van der Waals surface area contributed by atoms with E-state index in [-0.39, 0.29) is 29.4 Å². The number of hydrogen-bond acceptors (Lipinski definition) is 5. The number of aliphatic hydroxyl groups is 1. The van der Waals surface area contributed by atoms with E-state index in [9.17, 15) is 15.3 Å². The minimum absolute atomic E-state index is 0.219. The molecule has 6 heteroatoms. The van der Waals surface area contributed by atoms with Crippen molar-refractivity contribution in [3.63, 3.8) is 0 Å². The quantitative estimate of drug-likeness (QED) is 0.256. The van der Waals surface area contributed by atoms with Crippen LogP contribution in [0.1, 0.15) is 16.8 Å². The molecule has 0 bridgehead atoms. The first-order valence-corrected chi connectivity index (χ1v) is 14.3. The average molecular weight is 579 g/mol. The molecule has 1 aromatic heterocycles. The molecule has 0 aliphatic heterocycles. The molecule has 5 rings (SSSR count). The summed E-state index contributed by atoms with van der Waals surface area (Å²) in [5.74, 6) is -0.516. The summed E-state index contributed by atoms with van der Waals surface area (Å²) in [6, 6.07) is 32.3. The summed E-state index contributed by atoms with van der Waals surface area (Å²) in [5.41, 5.74) is 1.22. The van der Waals surface area contributed by atoms with E-state index in [4.69, 9.17) is 0 Å². The molecule has 0 radical (unpaired) electrons. The van der Waals surface area contributed by atoms with E-state index < -0.39 is 21.1 Å². The van der Waals surface area contributed by atoms with Gasteiger partial charge in [-0.15, -0.1) is 0 Å². The predicted molar refractivity (Wildman–Crippen MR) is 143 cm³/mol. The molecule has 1 heterocycles. The van der Waals surface area contributed by atoms with E-state index in [0.29, 0.717) is 11.3 Å². The van der Waals surface area contributed by atoms with Crippen LogP contribution in [0.4, 0.5) is 5.69 Å². The van der Waals surface area contributed by atoms with Crippen molar-refractivity contribution in [3.8, 4) is 11.5 Å². The van der Waals surface area contributed by atoms with Crippen molar-refractivity contribution in [2.45, 2.75) is 13.5 Å². The van der Waals surface area contributed by atoms with Crippen molar-refractivity contribution in [1.82, 2.24) is 4.98 Å². The first-order valence-electron chi connectivity index (χ1n) is 11.4. The molecular weight excluding hydrogens is 555 g/mol. The van der Waals surface area contributed by atoms with Gasteiger partial charge in [-0.2, -0.15) is 0 Å². The number of aromatic nitrogens is 1. The number of benzene rings is 4. The van der Waals surface area contributed by atoms with Gasteiger partial charge in [-0.05, 0) is 29.3 Å². The molecule has 5 aromatic rings. The van der Waals surface area contributed by atoms with E-state index in [1.807, 2.05) is 24.3 Å². The summed E-state index contributed by atoms with van der Waals surface area (Å²) < 4.78 is 3.08. The monoisotopic (exact) mass is 580 g/mol. The third kappa shape index (κ3) is 6.50. The second-order valence-electron chi connectivity index (χ2n) is 8.05. The van der Waals surface area contributed by atoms with E-state index in [2.05, 4.69) is 70.6 Å². The van der Waals surface area contributed by atoms with Crippen LogP contribution in [0.2, 0.25) is 0 Å². The number of aliphatic hydroxyl groups excluding tert-OH is 1. The molecule has 1 N–H and O–H groups in total. The molecule has 0 saturated heterocycles. The molecular formula is C30H24N2O3Sn. The van der Waals surface area contributed by atoms with E-state index in [0.717, 1.165) is 10.8 Å². The molecule has 5 nitrogen and oxygen atoms in total. The van der Waals surface area contributed by atoms with E-state index in [1.54, 1.807) is 13.0 Å². The molecule has 4 aromatic carbocycles. The van der Waals surface area contributed by atoms with Crippen LogP contribution >= 0.6 is 0 Å². The third-order valence-corrected chi connectivity index (χ3v) is 9.05. The Balaban J connectivity index is 0.000000197. The number of nitrogens with zero attached hydrogens (tertiary/aromatic N) is 2. The fourth-order valence-electron chi connectivity index (χ4n) is 3.56. The summed E-state index contributed by atoms with van der Waals surface area (Å²) in [7, 11) is 0. The Labute approximate surface area is 220 Å².